The summed E-state index contributed by atoms with van der Waals surface area (Å²) in [6, 6.07) is 16.2. The third-order valence-corrected chi connectivity index (χ3v) is 4.21. The SMILES string of the molecule is CCN(CC)CCNC(=O)c1ccc(NC(=O)OCc2ccccc2)cc1.Cl. The molecule has 0 heterocycles. The molecule has 0 saturated carbocycles. The molecule has 0 radical (unpaired) electrons. The number of carbonyl (C=O) groups is 2. The predicted molar refractivity (Wildman–Crippen MR) is 114 cm³/mol. The molecule has 0 aromatic heterocycles. The molecule has 0 aliphatic heterocycles. The lowest BCUT2D eigenvalue weighted by molar-refractivity contribution is 0.0949. The molecule has 2 N–H and O–H groups in total. The Kier molecular flexibility index (Phi) is 10.7. The third-order valence-electron chi connectivity index (χ3n) is 4.21. The van der Waals surface area contributed by atoms with E-state index >= 15 is 0 Å². The van der Waals surface area contributed by atoms with E-state index < -0.39 is 6.09 Å². The van der Waals surface area contributed by atoms with Crippen molar-refractivity contribution in [3.63, 3.8) is 0 Å². The van der Waals surface area contributed by atoms with Crippen molar-refractivity contribution in [2.75, 3.05) is 31.5 Å². The first-order valence-electron chi connectivity index (χ1n) is 9.20. The summed E-state index contributed by atoms with van der Waals surface area (Å²) >= 11 is 0. The van der Waals surface area contributed by atoms with Gasteiger partial charge in [-0.25, -0.2) is 4.79 Å². The molecular weight excluding hydrogens is 378 g/mol. The summed E-state index contributed by atoms with van der Waals surface area (Å²) in [5.41, 5.74) is 2.05. The molecule has 28 heavy (non-hydrogen) atoms. The Morgan fingerprint density at radius 1 is 0.964 bits per heavy atom. The van der Waals surface area contributed by atoms with Crippen LogP contribution in [0.25, 0.3) is 0 Å². The van der Waals surface area contributed by atoms with E-state index in [1.54, 1.807) is 24.3 Å². The first kappa shape index (κ1) is 23.5. The van der Waals surface area contributed by atoms with Crippen LogP contribution in [0.2, 0.25) is 0 Å². The van der Waals surface area contributed by atoms with Gasteiger partial charge in [-0.3, -0.25) is 10.1 Å². The number of likely N-dealkylation sites (N-methyl/N-ethyl adjacent to an activating group) is 1. The van der Waals surface area contributed by atoms with Crippen molar-refractivity contribution in [1.82, 2.24) is 10.2 Å². The normalized spacial score (nSPS) is 10.1. The van der Waals surface area contributed by atoms with Gasteiger partial charge < -0.3 is 15.0 Å². The fourth-order valence-corrected chi connectivity index (χ4v) is 2.55. The lowest BCUT2D eigenvalue weighted by Gasteiger charge is -2.17. The molecule has 0 bridgehead atoms. The molecule has 6 nitrogen and oxygen atoms in total. The molecule has 0 fully saturated rings. The highest BCUT2D eigenvalue weighted by Crippen LogP contribution is 2.10. The molecule has 0 aliphatic carbocycles. The van der Waals surface area contributed by atoms with Crippen LogP contribution in [0.15, 0.2) is 54.6 Å². The quantitative estimate of drug-likeness (QED) is 0.663. The lowest BCUT2D eigenvalue weighted by atomic mass is 10.2. The minimum Gasteiger partial charge on any atom is -0.444 e. The summed E-state index contributed by atoms with van der Waals surface area (Å²) in [5, 5.41) is 5.56. The first-order chi connectivity index (χ1) is 13.1. The number of ether oxygens (including phenoxy) is 1. The second kappa shape index (κ2) is 12.8. The predicted octanol–water partition coefficient (Wildman–Crippen LogP) is 3.93. The molecule has 0 saturated heterocycles. The second-order valence-corrected chi connectivity index (χ2v) is 6.05. The highest BCUT2D eigenvalue weighted by Gasteiger charge is 2.08. The number of amides is 2. The first-order valence-corrected chi connectivity index (χ1v) is 9.20. The van der Waals surface area contributed by atoms with Crippen LogP contribution in [0, 0.1) is 0 Å². The van der Waals surface area contributed by atoms with Crippen molar-refractivity contribution in [1.29, 1.82) is 0 Å². The molecule has 0 spiro atoms. The Morgan fingerprint density at radius 2 is 1.61 bits per heavy atom. The van der Waals surface area contributed by atoms with Gasteiger partial charge >= 0.3 is 6.09 Å². The number of nitrogens with zero attached hydrogens (tertiary/aromatic N) is 1. The highest BCUT2D eigenvalue weighted by molar-refractivity contribution is 5.95. The van der Waals surface area contributed by atoms with Gasteiger partial charge in [0.25, 0.3) is 5.91 Å². The Bertz CT molecular complexity index is 719. The minimum atomic E-state index is -0.532. The van der Waals surface area contributed by atoms with E-state index in [-0.39, 0.29) is 24.9 Å². The summed E-state index contributed by atoms with van der Waals surface area (Å²) in [4.78, 5) is 26.2. The highest BCUT2D eigenvalue weighted by atomic mass is 35.5. The maximum absolute atomic E-state index is 12.2. The summed E-state index contributed by atoms with van der Waals surface area (Å²) in [6.07, 6.45) is -0.532. The van der Waals surface area contributed by atoms with Gasteiger partial charge in [-0.15, -0.1) is 12.4 Å². The molecule has 152 valence electrons. The van der Waals surface area contributed by atoms with E-state index in [1.165, 1.54) is 0 Å². The van der Waals surface area contributed by atoms with Crippen molar-refractivity contribution in [2.24, 2.45) is 0 Å². The molecule has 2 rings (SSSR count). The fourth-order valence-electron chi connectivity index (χ4n) is 2.55. The van der Waals surface area contributed by atoms with Gasteiger partial charge in [-0.1, -0.05) is 44.2 Å². The zero-order valence-electron chi connectivity index (χ0n) is 16.3. The van der Waals surface area contributed by atoms with Gasteiger partial charge in [0, 0.05) is 24.3 Å². The molecule has 0 aliphatic rings. The Hall–Kier alpha value is -2.57. The van der Waals surface area contributed by atoms with Crippen LogP contribution in [-0.2, 0) is 11.3 Å². The Morgan fingerprint density at radius 3 is 2.21 bits per heavy atom. The van der Waals surface area contributed by atoms with E-state index in [9.17, 15) is 9.59 Å². The van der Waals surface area contributed by atoms with E-state index in [0.29, 0.717) is 17.8 Å². The van der Waals surface area contributed by atoms with Crippen LogP contribution in [-0.4, -0.2) is 43.1 Å². The summed E-state index contributed by atoms with van der Waals surface area (Å²) in [6.45, 7) is 7.77. The Labute approximate surface area is 172 Å². The van der Waals surface area contributed by atoms with Crippen LogP contribution in [0.4, 0.5) is 10.5 Å². The number of carbonyl (C=O) groups excluding carboxylic acids is 2. The molecule has 0 unspecified atom stereocenters. The number of benzene rings is 2. The number of rotatable bonds is 9. The molecule has 7 heteroatoms. The topological polar surface area (TPSA) is 70.7 Å². The summed E-state index contributed by atoms with van der Waals surface area (Å²) in [7, 11) is 0. The third kappa shape index (κ3) is 7.98. The van der Waals surface area contributed by atoms with Crippen LogP contribution in [0.3, 0.4) is 0 Å². The molecular formula is C21H28ClN3O3. The Balaban J connectivity index is 0.00000392. The number of halogens is 1. The minimum absolute atomic E-state index is 0. The standard InChI is InChI=1S/C21H27N3O3.ClH/c1-3-24(4-2)15-14-22-20(25)18-10-12-19(13-11-18)23-21(26)27-16-17-8-6-5-7-9-17;/h5-13H,3-4,14-16H2,1-2H3,(H,22,25)(H,23,26);1H. The monoisotopic (exact) mass is 405 g/mol. The van der Waals surface area contributed by atoms with Crippen molar-refractivity contribution in [2.45, 2.75) is 20.5 Å². The molecule has 2 aromatic carbocycles. The summed E-state index contributed by atoms with van der Waals surface area (Å²) in [5.74, 6) is -0.125. The van der Waals surface area contributed by atoms with E-state index in [4.69, 9.17) is 4.74 Å². The number of anilines is 1. The average molecular weight is 406 g/mol. The van der Waals surface area contributed by atoms with Gasteiger partial charge in [0.05, 0.1) is 0 Å². The maximum atomic E-state index is 12.2. The van der Waals surface area contributed by atoms with Crippen molar-refractivity contribution in [3.05, 3.63) is 65.7 Å². The van der Waals surface area contributed by atoms with Gasteiger partial charge in [0.2, 0.25) is 0 Å². The van der Waals surface area contributed by atoms with Crippen molar-refractivity contribution < 1.29 is 14.3 Å². The largest absolute Gasteiger partial charge is 0.444 e. The van der Waals surface area contributed by atoms with Gasteiger partial charge in [0.1, 0.15) is 6.61 Å². The fraction of sp³-hybridized carbons (Fsp3) is 0.333. The molecule has 2 amide bonds. The number of hydrogen-bond donors (Lipinski definition) is 2. The summed E-state index contributed by atoms with van der Waals surface area (Å²) < 4.78 is 5.17. The van der Waals surface area contributed by atoms with Gasteiger partial charge in [-0.05, 0) is 42.9 Å². The smallest absolute Gasteiger partial charge is 0.411 e. The lowest BCUT2D eigenvalue weighted by Crippen LogP contribution is -2.34. The molecule has 2 aromatic rings. The zero-order chi connectivity index (χ0) is 19.5. The van der Waals surface area contributed by atoms with Crippen LogP contribution in [0.5, 0.6) is 0 Å². The van der Waals surface area contributed by atoms with Gasteiger partial charge in [0.15, 0.2) is 0 Å². The van der Waals surface area contributed by atoms with E-state index in [0.717, 1.165) is 25.2 Å². The molecule has 0 atom stereocenters. The number of nitrogens with one attached hydrogen (secondary N) is 2. The van der Waals surface area contributed by atoms with Crippen molar-refractivity contribution in [3.8, 4) is 0 Å². The average Bonchev–Trinajstić information content (AvgIpc) is 2.71. The zero-order valence-corrected chi connectivity index (χ0v) is 17.1. The van der Waals surface area contributed by atoms with Crippen LogP contribution < -0.4 is 10.6 Å². The van der Waals surface area contributed by atoms with Gasteiger partial charge in [-0.2, -0.15) is 0 Å². The van der Waals surface area contributed by atoms with E-state index in [1.807, 2.05) is 30.3 Å². The second-order valence-electron chi connectivity index (χ2n) is 6.05. The van der Waals surface area contributed by atoms with Crippen LogP contribution >= 0.6 is 12.4 Å². The van der Waals surface area contributed by atoms with E-state index in [2.05, 4.69) is 29.4 Å². The van der Waals surface area contributed by atoms with Crippen LogP contribution in [0.1, 0.15) is 29.8 Å². The maximum Gasteiger partial charge on any atom is 0.411 e. The number of hydrogen-bond acceptors (Lipinski definition) is 4. The van der Waals surface area contributed by atoms with Crippen molar-refractivity contribution >= 4 is 30.1 Å².